The number of aromatic nitrogens is 4. The molecule has 1 aromatic carbocycles. The second-order valence-electron chi connectivity index (χ2n) is 4.22. The number of carboxylic acids is 1. The van der Waals surface area contributed by atoms with E-state index in [1.165, 1.54) is 0 Å². The Morgan fingerprint density at radius 2 is 1.90 bits per heavy atom. The Labute approximate surface area is 123 Å². The molecule has 0 atom stereocenters. The molecular weight excluding hydrogens is 296 g/mol. The molecule has 0 radical (unpaired) electrons. The first-order chi connectivity index (χ1) is 10.1. The number of rotatable bonds is 4. The van der Waals surface area contributed by atoms with Gasteiger partial charge in [-0.2, -0.15) is 0 Å². The molecule has 3 rings (SSSR count). The Bertz CT molecular complexity index is 779. The van der Waals surface area contributed by atoms with E-state index in [0.717, 1.165) is 10.2 Å². The van der Waals surface area contributed by atoms with E-state index in [4.69, 9.17) is 21.1 Å². The van der Waals surface area contributed by atoms with Gasteiger partial charge in [0.15, 0.2) is 5.76 Å². The number of furan rings is 1. The highest BCUT2D eigenvalue weighted by Gasteiger charge is 2.15. The first kappa shape index (κ1) is 13.3. The topological polar surface area (TPSA) is 94.0 Å². The van der Waals surface area contributed by atoms with Crippen molar-refractivity contribution in [2.75, 3.05) is 0 Å². The summed E-state index contributed by atoms with van der Waals surface area (Å²) in [5, 5.41) is 20.3. The van der Waals surface area contributed by atoms with Crippen LogP contribution >= 0.6 is 11.6 Å². The van der Waals surface area contributed by atoms with Crippen LogP contribution in [0.25, 0.3) is 22.9 Å². The third-order valence-electron chi connectivity index (χ3n) is 2.77. The van der Waals surface area contributed by atoms with Crippen LogP contribution in [0, 0.1) is 0 Å². The van der Waals surface area contributed by atoms with Gasteiger partial charge in [-0.05, 0) is 46.8 Å². The molecule has 2 heterocycles. The molecule has 0 aliphatic rings. The normalized spacial score (nSPS) is 10.7. The SMILES string of the molecule is O=C(O)Cn1nnnc1-c1ccc(-c2ccc(Cl)cc2)o1. The van der Waals surface area contributed by atoms with Crippen LogP contribution in [0.2, 0.25) is 5.02 Å². The molecule has 106 valence electrons. The predicted molar refractivity (Wildman–Crippen MR) is 73.6 cm³/mol. The van der Waals surface area contributed by atoms with E-state index < -0.39 is 5.97 Å². The summed E-state index contributed by atoms with van der Waals surface area (Å²) in [7, 11) is 0. The van der Waals surface area contributed by atoms with Gasteiger partial charge in [-0.25, -0.2) is 4.68 Å². The molecule has 3 aromatic rings. The Balaban J connectivity index is 1.93. The monoisotopic (exact) mass is 304 g/mol. The number of tetrazole rings is 1. The van der Waals surface area contributed by atoms with Crippen LogP contribution < -0.4 is 0 Å². The summed E-state index contributed by atoms with van der Waals surface area (Å²) in [5.74, 6) is 0.239. The number of halogens is 1. The fourth-order valence-electron chi connectivity index (χ4n) is 1.84. The molecule has 0 fully saturated rings. The largest absolute Gasteiger partial charge is 0.480 e. The predicted octanol–water partition coefficient (Wildman–Crippen LogP) is 2.34. The van der Waals surface area contributed by atoms with Gasteiger partial charge < -0.3 is 9.52 Å². The fraction of sp³-hybridized carbons (Fsp3) is 0.0769. The van der Waals surface area contributed by atoms with Gasteiger partial charge in [0.25, 0.3) is 0 Å². The van der Waals surface area contributed by atoms with E-state index in [1.807, 2.05) is 12.1 Å². The van der Waals surface area contributed by atoms with E-state index in [0.29, 0.717) is 16.5 Å². The molecule has 0 unspecified atom stereocenters. The minimum absolute atomic E-state index is 0.262. The van der Waals surface area contributed by atoms with E-state index >= 15 is 0 Å². The summed E-state index contributed by atoms with van der Waals surface area (Å²) >= 11 is 5.84. The average Bonchev–Trinajstić information content (AvgIpc) is 3.07. The van der Waals surface area contributed by atoms with Crippen molar-refractivity contribution in [2.24, 2.45) is 0 Å². The number of nitrogens with zero attached hydrogens (tertiary/aromatic N) is 4. The van der Waals surface area contributed by atoms with Gasteiger partial charge in [0, 0.05) is 10.6 Å². The fourth-order valence-corrected chi connectivity index (χ4v) is 1.97. The van der Waals surface area contributed by atoms with Gasteiger partial charge in [0.1, 0.15) is 12.3 Å². The van der Waals surface area contributed by atoms with Gasteiger partial charge in [-0.15, -0.1) is 5.10 Å². The summed E-state index contributed by atoms with van der Waals surface area (Å²) in [5.41, 5.74) is 0.850. The molecule has 0 saturated carbocycles. The van der Waals surface area contributed by atoms with Crippen LogP contribution in [-0.4, -0.2) is 31.3 Å². The lowest BCUT2D eigenvalue weighted by atomic mass is 10.2. The van der Waals surface area contributed by atoms with Crippen LogP contribution in [-0.2, 0) is 11.3 Å². The van der Waals surface area contributed by atoms with Crippen LogP contribution in [0.15, 0.2) is 40.8 Å². The van der Waals surface area contributed by atoms with Gasteiger partial charge in [-0.1, -0.05) is 11.6 Å². The molecule has 21 heavy (non-hydrogen) atoms. The zero-order valence-electron chi connectivity index (χ0n) is 10.6. The van der Waals surface area contributed by atoms with Crippen LogP contribution in [0.5, 0.6) is 0 Å². The molecule has 0 saturated heterocycles. The smallest absolute Gasteiger partial charge is 0.325 e. The summed E-state index contributed by atoms with van der Waals surface area (Å²) in [6.07, 6.45) is 0. The molecule has 8 heteroatoms. The molecule has 2 aromatic heterocycles. The maximum Gasteiger partial charge on any atom is 0.325 e. The lowest BCUT2D eigenvalue weighted by molar-refractivity contribution is -0.137. The second kappa shape index (κ2) is 5.37. The van der Waals surface area contributed by atoms with Crippen molar-refractivity contribution in [3.05, 3.63) is 41.4 Å². The van der Waals surface area contributed by atoms with Crippen molar-refractivity contribution in [1.29, 1.82) is 0 Å². The van der Waals surface area contributed by atoms with Crippen molar-refractivity contribution in [3.8, 4) is 22.9 Å². The summed E-state index contributed by atoms with van der Waals surface area (Å²) < 4.78 is 6.84. The number of hydrogen-bond donors (Lipinski definition) is 1. The molecule has 0 aliphatic heterocycles. The van der Waals surface area contributed by atoms with Gasteiger partial charge >= 0.3 is 5.97 Å². The summed E-state index contributed by atoms with van der Waals surface area (Å²) in [6.45, 7) is -0.334. The molecule has 0 amide bonds. The minimum atomic E-state index is -1.03. The third kappa shape index (κ3) is 2.77. The number of carboxylic acid groups (broad SMARTS) is 1. The van der Waals surface area contributed by atoms with Crippen molar-refractivity contribution in [1.82, 2.24) is 20.2 Å². The second-order valence-corrected chi connectivity index (χ2v) is 4.66. The average molecular weight is 305 g/mol. The first-order valence-electron chi connectivity index (χ1n) is 5.97. The number of carbonyl (C=O) groups is 1. The van der Waals surface area contributed by atoms with E-state index in [2.05, 4.69) is 15.5 Å². The summed E-state index contributed by atoms with van der Waals surface area (Å²) in [4.78, 5) is 10.7. The van der Waals surface area contributed by atoms with Crippen LogP contribution in [0.3, 0.4) is 0 Å². The number of hydrogen-bond acceptors (Lipinski definition) is 5. The van der Waals surface area contributed by atoms with E-state index in [-0.39, 0.29) is 12.4 Å². The van der Waals surface area contributed by atoms with Gasteiger partial charge in [0.05, 0.1) is 0 Å². The maximum absolute atomic E-state index is 10.7. The zero-order chi connectivity index (χ0) is 14.8. The van der Waals surface area contributed by atoms with Crippen molar-refractivity contribution < 1.29 is 14.3 Å². The molecule has 0 bridgehead atoms. The quantitative estimate of drug-likeness (QED) is 0.795. The number of aliphatic carboxylic acids is 1. The highest BCUT2D eigenvalue weighted by molar-refractivity contribution is 6.30. The van der Waals surface area contributed by atoms with Crippen molar-refractivity contribution >= 4 is 17.6 Å². The maximum atomic E-state index is 10.7. The van der Waals surface area contributed by atoms with E-state index in [1.54, 1.807) is 24.3 Å². The Hall–Kier alpha value is -2.67. The first-order valence-corrected chi connectivity index (χ1v) is 6.35. The third-order valence-corrected chi connectivity index (χ3v) is 3.02. The van der Waals surface area contributed by atoms with Crippen molar-refractivity contribution in [3.63, 3.8) is 0 Å². The highest BCUT2D eigenvalue weighted by atomic mass is 35.5. The lowest BCUT2D eigenvalue weighted by Gasteiger charge is -1.99. The van der Waals surface area contributed by atoms with Gasteiger partial charge in [0.2, 0.25) is 5.82 Å². The summed E-state index contributed by atoms with van der Waals surface area (Å²) in [6, 6.07) is 10.6. The standard InChI is InChI=1S/C13H9ClN4O3/c14-9-3-1-8(2-4-9)10-5-6-11(21-10)13-15-16-17-18(13)7-12(19)20/h1-6H,7H2,(H,19,20). The van der Waals surface area contributed by atoms with Crippen LogP contribution in [0.4, 0.5) is 0 Å². The molecule has 1 N–H and O–H groups in total. The zero-order valence-corrected chi connectivity index (χ0v) is 11.4. The Morgan fingerprint density at radius 3 is 2.62 bits per heavy atom. The molecule has 7 nitrogen and oxygen atoms in total. The van der Waals surface area contributed by atoms with Crippen molar-refractivity contribution in [2.45, 2.75) is 6.54 Å². The Morgan fingerprint density at radius 1 is 1.19 bits per heavy atom. The number of benzene rings is 1. The highest BCUT2D eigenvalue weighted by Crippen LogP contribution is 2.27. The van der Waals surface area contributed by atoms with Gasteiger partial charge in [-0.3, -0.25) is 4.79 Å². The van der Waals surface area contributed by atoms with Crippen LogP contribution in [0.1, 0.15) is 0 Å². The lowest BCUT2D eigenvalue weighted by Crippen LogP contribution is -2.11. The molecule has 0 aliphatic carbocycles. The molecular formula is C13H9ClN4O3. The molecule has 0 spiro atoms. The van der Waals surface area contributed by atoms with E-state index in [9.17, 15) is 4.79 Å². The Kier molecular flexibility index (Phi) is 3.41. The minimum Gasteiger partial charge on any atom is -0.480 e.